The molecule has 0 radical (unpaired) electrons. The Morgan fingerprint density at radius 1 is 0.467 bits per heavy atom. The van der Waals surface area contributed by atoms with Crippen LogP contribution in [0.15, 0.2) is 0 Å². The molecular weight excluding hydrogens is 1290 g/mol. The van der Waals surface area contributed by atoms with E-state index in [-0.39, 0.29) is 214 Å². The van der Waals surface area contributed by atoms with Gasteiger partial charge in [-0.2, -0.15) is 0 Å². The van der Waals surface area contributed by atoms with E-state index >= 15 is 0 Å². The molecule has 3 heterocycles. The first-order chi connectivity index (χ1) is 43.9. The average molecular weight is 1380 g/mol. The fourth-order valence-electron chi connectivity index (χ4n) is 8.23. The number of hydrogen-bond acceptors (Lipinski definition) is 30. The van der Waals surface area contributed by atoms with Crippen LogP contribution in [-0.2, 0) is 113 Å². The maximum atomic E-state index is 13.3. The van der Waals surface area contributed by atoms with Gasteiger partial charge in [0.1, 0.15) is 62.6 Å². The Balaban J connectivity index is 1.26. The van der Waals surface area contributed by atoms with E-state index in [9.17, 15) is 68.5 Å². The molecule has 3 aliphatic rings. The number of ether oxygens (including phenoxy) is 14. The largest absolute Gasteiger partial charge is 0.469 e. The first-order valence-electron chi connectivity index (χ1n) is 29.6. The van der Waals surface area contributed by atoms with Gasteiger partial charge in [-0.3, -0.25) is 42.7 Å². The van der Waals surface area contributed by atoms with Crippen molar-refractivity contribution in [2.45, 2.75) is 86.5 Å². The average Bonchev–Trinajstić information content (AvgIpc) is 1.07. The summed E-state index contributed by atoms with van der Waals surface area (Å²) in [4.78, 5) is 112. The monoisotopic (exact) mass is 1380 g/mol. The van der Waals surface area contributed by atoms with Gasteiger partial charge in [-0.15, -0.1) is 0 Å². The Bertz CT molecular complexity index is 2100. The highest BCUT2D eigenvalue weighted by Gasteiger charge is 2.46. The van der Waals surface area contributed by atoms with Crippen molar-refractivity contribution in [2.75, 3.05) is 191 Å². The van der Waals surface area contributed by atoms with Gasteiger partial charge in [0.05, 0.1) is 159 Å². The Morgan fingerprint density at radius 3 is 1.11 bits per heavy atom. The number of hydrogen-bond donors (Lipinski definition) is 14. The molecule has 0 aliphatic carbocycles. The molecule has 42 heteroatoms. The molecule has 3 saturated heterocycles. The first-order valence-corrected chi connectivity index (χ1v) is 32.7. The number of aliphatic hydroxyl groups excluding tert-OH is 6. The zero-order valence-corrected chi connectivity index (χ0v) is 53.0. The lowest BCUT2D eigenvalue weighted by molar-refractivity contribution is -0.301. The van der Waals surface area contributed by atoms with E-state index in [0.29, 0.717) is 0 Å². The third kappa shape index (κ3) is 36.0. The number of nitrogens with zero attached hydrogens (tertiary/aromatic N) is 1. The molecule has 11 atom stereocenters. The number of amides is 6. The van der Waals surface area contributed by atoms with Crippen molar-refractivity contribution >= 4 is 58.9 Å². The first kappa shape index (κ1) is 82.7. The van der Waals surface area contributed by atoms with E-state index in [0.717, 1.165) is 4.90 Å². The maximum absolute atomic E-state index is 13.3. The zero-order chi connectivity index (χ0) is 67.7. The third-order valence-electron chi connectivity index (χ3n) is 13.1. The molecule has 6 amide bonds. The molecular formula is C50H92BN5O34P2. The second-order valence-corrected chi connectivity index (χ2v) is 22.7. The fraction of sp³-hybridized carbons (Fsp3) is 0.880. The molecule has 0 bridgehead atoms. The maximum Gasteiger partial charge on any atom is 0.469 e. The number of phosphoric ester groups is 2. The van der Waals surface area contributed by atoms with Crippen molar-refractivity contribution in [3.63, 3.8) is 0 Å². The highest BCUT2D eigenvalue weighted by atomic mass is 31.2. The van der Waals surface area contributed by atoms with Gasteiger partial charge in [-0.25, -0.2) is 9.13 Å². The molecule has 0 aromatic heterocycles. The van der Waals surface area contributed by atoms with Crippen molar-refractivity contribution < 1.29 is 163 Å². The Hall–Kier alpha value is -3.50. The molecule has 0 aromatic rings. The molecule has 0 saturated carbocycles. The van der Waals surface area contributed by atoms with Crippen molar-refractivity contribution in [1.29, 1.82) is 0 Å². The number of aliphatic hydroxyl groups is 6. The molecule has 39 nitrogen and oxygen atoms in total. The molecule has 92 heavy (non-hydrogen) atoms. The summed E-state index contributed by atoms with van der Waals surface area (Å²) in [7, 11) is -8.14. The Kier molecular flexibility index (Phi) is 42.6. The number of imide groups is 1. The SMILES string of the molecule is BC1CC(=O)N(CCC(=O)NCCOCCOCCOCCOCCNC(=O)CC(C(=O)NCCOCCOCCOCCOC2OC(COP(=O)(O)O)C(O)C(O)C2O)C(=O)NCCOCCOCCOCCOC2OC(COP(=O)(O)O)C(O)C(O)C2O)C1=O. The highest BCUT2D eigenvalue weighted by Crippen LogP contribution is 2.38. The van der Waals surface area contributed by atoms with Crippen LogP contribution in [0.1, 0.15) is 19.3 Å². The number of carbonyl (C=O) groups excluding carboxylic acids is 6. The number of likely N-dealkylation sites (tertiary alicyclic amines) is 1. The topological polar surface area (TPSA) is 538 Å². The number of phosphoric acid groups is 2. The molecule has 534 valence electrons. The second-order valence-electron chi connectivity index (χ2n) is 20.2. The van der Waals surface area contributed by atoms with Gasteiger partial charge in [-0.1, -0.05) is 0 Å². The van der Waals surface area contributed by atoms with E-state index < -0.39 is 120 Å². The lowest BCUT2D eigenvalue weighted by Crippen LogP contribution is -2.59. The van der Waals surface area contributed by atoms with Crippen LogP contribution in [0.25, 0.3) is 0 Å². The summed E-state index contributed by atoms with van der Waals surface area (Å²) in [5, 5.41) is 71.0. The standard InChI is InChI=1S/C50H92BN5O34P2/c51-34-30-39(59)56(48(34)68)6-1-37(57)52-2-7-75-11-15-79-19-20-80-16-12-76-8-3-53-38(58)29-33(46(66)54-4-9-77-13-17-81-21-23-83-25-27-85-49-44(64)42(62)40(60)35(89-49)31-87-91(69,70)71)47(67)55-5-10-78-14-18-82-22-24-84-26-28-86-50-45(65)43(63)41(61)36(90-50)32-88-92(72,73)74/h33-36,40-45,49-50,60-65H,1-32,51H2,(H,52,57)(H,53,58)(H,54,66)(H,55,67)(H2,69,70,71)(H2,72,73,74). The number of carbonyl (C=O) groups is 6. The van der Waals surface area contributed by atoms with E-state index in [1.54, 1.807) is 7.85 Å². The van der Waals surface area contributed by atoms with Gasteiger partial charge < -0.3 is 138 Å². The van der Waals surface area contributed by atoms with E-state index in [2.05, 4.69) is 30.3 Å². The van der Waals surface area contributed by atoms with Gasteiger partial charge in [-0.05, 0) is 0 Å². The molecule has 11 unspecified atom stereocenters. The lowest BCUT2D eigenvalue weighted by atomic mass is 9.86. The quantitative estimate of drug-likeness (QED) is 0.00884. The summed E-state index contributed by atoms with van der Waals surface area (Å²) in [6, 6.07) is 0. The van der Waals surface area contributed by atoms with E-state index in [1.807, 2.05) is 0 Å². The molecule has 3 rings (SSSR count). The predicted molar refractivity (Wildman–Crippen MR) is 308 cm³/mol. The van der Waals surface area contributed by atoms with Crippen molar-refractivity contribution in [2.24, 2.45) is 5.92 Å². The third-order valence-corrected chi connectivity index (χ3v) is 14.0. The van der Waals surface area contributed by atoms with Crippen LogP contribution in [0.4, 0.5) is 0 Å². The van der Waals surface area contributed by atoms with E-state index in [1.165, 1.54) is 0 Å². The minimum Gasteiger partial charge on any atom is -0.387 e. The lowest BCUT2D eigenvalue weighted by Gasteiger charge is -2.40. The zero-order valence-electron chi connectivity index (χ0n) is 51.2. The predicted octanol–water partition coefficient (Wildman–Crippen LogP) is -8.94. The Morgan fingerprint density at radius 2 is 0.783 bits per heavy atom. The van der Waals surface area contributed by atoms with Crippen LogP contribution in [0.3, 0.4) is 0 Å². The van der Waals surface area contributed by atoms with Gasteiger partial charge in [0.15, 0.2) is 12.6 Å². The highest BCUT2D eigenvalue weighted by molar-refractivity contribution is 7.46. The minimum absolute atomic E-state index is 0.0118. The van der Waals surface area contributed by atoms with Crippen LogP contribution < -0.4 is 21.3 Å². The van der Waals surface area contributed by atoms with E-state index in [4.69, 9.17) is 85.9 Å². The fourth-order valence-corrected chi connectivity index (χ4v) is 8.91. The van der Waals surface area contributed by atoms with Crippen LogP contribution in [0.5, 0.6) is 0 Å². The second kappa shape index (κ2) is 47.4. The Labute approximate surface area is 531 Å². The molecule has 0 spiro atoms. The van der Waals surface area contributed by atoms with Gasteiger partial charge in [0, 0.05) is 57.8 Å². The van der Waals surface area contributed by atoms with Crippen LogP contribution >= 0.6 is 15.6 Å². The summed E-state index contributed by atoms with van der Waals surface area (Å²) in [6.45, 7) is 1.28. The van der Waals surface area contributed by atoms with Crippen molar-refractivity contribution in [3.8, 4) is 0 Å². The molecule has 0 aromatic carbocycles. The van der Waals surface area contributed by atoms with Crippen LogP contribution in [0, 0.1) is 5.92 Å². The van der Waals surface area contributed by atoms with Crippen molar-refractivity contribution in [1.82, 2.24) is 26.2 Å². The molecule has 3 aliphatic heterocycles. The summed E-state index contributed by atoms with van der Waals surface area (Å²) in [5.41, 5.74) is 0. The van der Waals surface area contributed by atoms with Crippen LogP contribution in [0.2, 0.25) is 5.82 Å². The summed E-state index contributed by atoms with van der Waals surface area (Å²) >= 11 is 0. The van der Waals surface area contributed by atoms with Gasteiger partial charge in [0.2, 0.25) is 35.4 Å². The minimum atomic E-state index is -4.91. The van der Waals surface area contributed by atoms with Crippen LogP contribution in [-0.4, -0.2) is 351 Å². The van der Waals surface area contributed by atoms with Crippen molar-refractivity contribution in [3.05, 3.63) is 0 Å². The summed E-state index contributed by atoms with van der Waals surface area (Å²) in [6.07, 6.45) is -16.4. The van der Waals surface area contributed by atoms with Gasteiger partial charge >= 0.3 is 15.6 Å². The smallest absolute Gasteiger partial charge is 0.387 e. The normalized spacial score (nSPS) is 24.0. The summed E-state index contributed by atoms with van der Waals surface area (Å²) in [5.74, 6) is -4.77. The summed E-state index contributed by atoms with van der Waals surface area (Å²) < 4.78 is 106. The number of rotatable bonds is 54. The molecule has 14 N–H and O–H groups in total. The van der Waals surface area contributed by atoms with Gasteiger partial charge in [0.25, 0.3) is 0 Å². The number of nitrogens with one attached hydrogen (secondary N) is 4. The molecule has 3 fully saturated rings.